The van der Waals surface area contributed by atoms with Crippen molar-refractivity contribution in [2.75, 3.05) is 6.61 Å². The van der Waals surface area contributed by atoms with E-state index in [0.717, 1.165) is 5.56 Å². The van der Waals surface area contributed by atoms with Crippen LogP contribution in [0, 0.1) is 17.8 Å². The number of carboxylic acid groups (broad SMARTS) is 1. The van der Waals surface area contributed by atoms with E-state index in [0.29, 0.717) is 44.5 Å². The fourth-order valence-electron chi connectivity index (χ4n) is 5.88. The lowest BCUT2D eigenvalue weighted by atomic mass is 9.88. The summed E-state index contributed by atoms with van der Waals surface area (Å²) in [6.07, 6.45) is 4.35. The number of rotatable bonds is 10. The van der Waals surface area contributed by atoms with E-state index < -0.39 is 18.4 Å². The van der Waals surface area contributed by atoms with Crippen LogP contribution in [0.2, 0.25) is 0 Å². The molecule has 0 bridgehead atoms. The van der Waals surface area contributed by atoms with Gasteiger partial charge in [-0.1, -0.05) is 60.7 Å². The quantitative estimate of drug-likeness (QED) is 0.339. The molecule has 2 aromatic rings. The Balaban J connectivity index is 1.34. The van der Waals surface area contributed by atoms with Gasteiger partial charge in [-0.15, -0.1) is 0 Å². The second kappa shape index (κ2) is 12.1. The summed E-state index contributed by atoms with van der Waals surface area (Å²) < 4.78 is 24.9. The third-order valence-corrected chi connectivity index (χ3v) is 7.73. The van der Waals surface area contributed by atoms with Crippen LogP contribution in [0.1, 0.15) is 49.3 Å². The van der Waals surface area contributed by atoms with Crippen LogP contribution in [0.15, 0.2) is 66.7 Å². The lowest BCUT2D eigenvalue weighted by Crippen LogP contribution is -2.44. The van der Waals surface area contributed by atoms with Gasteiger partial charge in [-0.2, -0.15) is 0 Å². The molecule has 2 heterocycles. The Hall–Kier alpha value is -3.20. The lowest BCUT2D eigenvalue weighted by molar-refractivity contribution is -0.275. The molecule has 3 aliphatic rings. The van der Waals surface area contributed by atoms with E-state index in [4.69, 9.17) is 24.1 Å². The number of phenols is 1. The highest BCUT2D eigenvalue weighted by Crippen LogP contribution is 2.49. The molecule has 2 aromatic carbocycles. The number of benzene rings is 2. The highest BCUT2D eigenvalue weighted by molar-refractivity contribution is 5.72. The van der Waals surface area contributed by atoms with E-state index in [1.54, 1.807) is 12.1 Å². The van der Waals surface area contributed by atoms with Crippen molar-refractivity contribution in [3.05, 3.63) is 77.9 Å². The number of carbonyl (C=O) groups excluding carboxylic acids is 1. The number of carboxylic acids is 1. The number of aromatic hydroxyl groups is 1. The van der Waals surface area contributed by atoms with Gasteiger partial charge >= 0.3 is 11.9 Å². The Morgan fingerprint density at radius 2 is 1.87 bits per heavy atom. The molecule has 1 saturated carbocycles. The largest absolute Gasteiger partial charge is 0.508 e. The number of allylic oxidation sites excluding steroid dienone is 2. The van der Waals surface area contributed by atoms with E-state index in [-0.39, 0.29) is 48.1 Å². The highest BCUT2D eigenvalue weighted by Gasteiger charge is 2.55. The number of fused-ring (bicyclic) bond motifs is 1. The maximum Gasteiger partial charge on any atom is 0.306 e. The zero-order valence-corrected chi connectivity index (χ0v) is 21.2. The number of carbonyl (C=O) groups is 2. The van der Waals surface area contributed by atoms with Crippen molar-refractivity contribution in [1.82, 2.24) is 0 Å². The maximum absolute atomic E-state index is 12.1. The minimum atomic E-state index is -0.831. The third-order valence-electron chi connectivity index (χ3n) is 7.73. The van der Waals surface area contributed by atoms with Gasteiger partial charge in [0.25, 0.3) is 0 Å². The first-order chi connectivity index (χ1) is 18.5. The molecule has 202 valence electrons. The average molecular weight is 523 g/mol. The van der Waals surface area contributed by atoms with Crippen LogP contribution in [-0.2, 0) is 35.1 Å². The molecule has 8 nitrogen and oxygen atoms in total. The van der Waals surface area contributed by atoms with Crippen molar-refractivity contribution in [3.63, 3.8) is 0 Å². The van der Waals surface area contributed by atoms with Gasteiger partial charge in [-0.3, -0.25) is 9.59 Å². The topological polar surface area (TPSA) is 112 Å². The van der Waals surface area contributed by atoms with Crippen molar-refractivity contribution < 1.29 is 38.7 Å². The summed E-state index contributed by atoms with van der Waals surface area (Å²) in [5.74, 6) is -1.23. The summed E-state index contributed by atoms with van der Waals surface area (Å²) in [6.45, 7) is 0.829. The Morgan fingerprint density at radius 1 is 1.08 bits per heavy atom. The molecule has 8 heteroatoms. The summed E-state index contributed by atoms with van der Waals surface area (Å²) in [4.78, 5) is 23.0. The minimum Gasteiger partial charge on any atom is -0.508 e. The van der Waals surface area contributed by atoms with Gasteiger partial charge in [0.15, 0.2) is 6.29 Å². The first kappa shape index (κ1) is 26.4. The van der Waals surface area contributed by atoms with Crippen LogP contribution >= 0.6 is 0 Å². The number of hydrogen-bond acceptors (Lipinski definition) is 7. The highest BCUT2D eigenvalue weighted by atomic mass is 16.7. The van der Waals surface area contributed by atoms with Crippen LogP contribution in [0.5, 0.6) is 5.75 Å². The summed E-state index contributed by atoms with van der Waals surface area (Å²) in [6, 6.07) is 17.1. The van der Waals surface area contributed by atoms with Gasteiger partial charge in [0.2, 0.25) is 0 Å². The van der Waals surface area contributed by atoms with E-state index in [1.807, 2.05) is 54.6 Å². The van der Waals surface area contributed by atoms with Crippen LogP contribution < -0.4 is 0 Å². The third kappa shape index (κ3) is 6.09. The molecular formula is C30H34O8. The first-order valence-electron chi connectivity index (χ1n) is 13.3. The molecule has 5 rings (SSSR count). The van der Waals surface area contributed by atoms with Crippen molar-refractivity contribution in [2.24, 2.45) is 17.8 Å². The second-order valence-corrected chi connectivity index (χ2v) is 10.3. The van der Waals surface area contributed by atoms with Gasteiger partial charge < -0.3 is 29.2 Å². The molecular weight excluding hydrogens is 488 g/mol. The summed E-state index contributed by atoms with van der Waals surface area (Å²) >= 11 is 0. The first-order valence-corrected chi connectivity index (χ1v) is 13.3. The summed E-state index contributed by atoms with van der Waals surface area (Å²) in [5, 5.41) is 19.5. The van der Waals surface area contributed by atoms with E-state index in [1.165, 1.54) is 0 Å². The van der Waals surface area contributed by atoms with Crippen LogP contribution in [0.4, 0.5) is 0 Å². The Bertz CT molecular complexity index is 1130. The number of phenolic OH excluding ortho intramolecular Hbond substituents is 1. The van der Waals surface area contributed by atoms with Crippen LogP contribution in [-0.4, -0.2) is 47.3 Å². The zero-order valence-electron chi connectivity index (χ0n) is 21.2. The number of aliphatic carboxylic acids is 1. The minimum absolute atomic E-state index is 0.0641. The molecule has 38 heavy (non-hydrogen) atoms. The predicted octanol–water partition coefficient (Wildman–Crippen LogP) is 4.77. The van der Waals surface area contributed by atoms with Crippen molar-refractivity contribution in [2.45, 2.75) is 63.3 Å². The molecule has 0 spiro atoms. The Labute approximate surface area is 222 Å². The van der Waals surface area contributed by atoms with Gasteiger partial charge in [0.1, 0.15) is 11.9 Å². The molecule has 3 fully saturated rings. The summed E-state index contributed by atoms with van der Waals surface area (Å²) in [7, 11) is 0. The van der Waals surface area contributed by atoms with E-state index in [9.17, 15) is 14.7 Å². The summed E-state index contributed by atoms with van der Waals surface area (Å²) in [5.41, 5.74) is 1.74. The molecule has 0 aromatic heterocycles. The van der Waals surface area contributed by atoms with E-state index >= 15 is 0 Å². The molecule has 0 radical (unpaired) electrons. The van der Waals surface area contributed by atoms with Crippen LogP contribution in [0.25, 0.3) is 0 Å². The van der Waals surface area contributed by atoms with Gasteiger partial charge in [-0.25, -0.2) is 0 Å². The van der Waals surface area contributed by atoms with Crippen molar-refractivity contribution in [1.29, 1.82) is 0 Å². The van der Waals surface area contributed by atoms with Crippen molar-refractivity contribution in [3.8, 4) is 5.75 Å². The van der Waals surface area contributed by atoms with Crippen molar-refractivity contribution >= 4 is 11.9 Å². The fourth-order valence-corrected chi connectivity index (χ4v) is 5.88. The molecule has 2 N–H and O–H groups in total. The van der Waals surface area contributed by atoms with Gasteiger partial charge in [0.05, 0.1) is 31.8 Å². The van der Waals surface area contributed by atoms with Gasteiger partial charge in [-0.05, 0) is 24.5 Å². The SMILES string of the molecule is O=C(O)CCC=CCC1COC([C@@H]2[C@H]3CC(=O)O[C@H]3C[C@H]2OCc2ccccc2)OC1c1ccccc1O. The maximum atomic E-state index is 12.1. The molecule has 2 aliphatic heterocycles. The molecule has 2 saturated heterocycles. The van der Waals surface area contributed by atoms with Gasteiger partial charge in [0, 0.05) is 36.2 Å². The Kier molecular flexibility index (Phi) is 8.42. The monoisotopic (exact) mass is 522 g/mol. The second-order valence-electron chi connectivity index (χ2n) is 10.3. The average Bonchev–Trinajstić information content (AvgIpc) is 3.43. The lowest BCUT2D eigenvalue weighted by Gasteiger charge is -2.41. The number of hydrogen-bond donors (Lipinski definition) is 2. The smallest absolute Gasteiger partial charge is 0.306 e. The number of esters is 1. The Morgan fingerprint density at radius 3 is 2.66 bits per heavy atom. The van der Waals surface area contributed by atoms with Crippen LogP contribution in [0.3, 0.4) is 0 Å². The molecule has 0 amide bonds. The fraction of sp³-hybridized carbons (Fsp3) is 0.467. The standard InChI is InChI=1S/C30H34O8/c31-23-13-8-7-12-21(23)29-20(11-5-2-6-14-26(32)33)18-36-30(38-29)28-22-15-27(34)37-24(22)16-25(28)35-17-19-9-3-1-4-10-19/h1-5,7-10,12-13,20,22,24-25,28-31H,6,11,14-18H2,(H,32,33)/t20?,22-,24-,25+,28+,29?,30?/m0/s1. The molecule has 7 atom stereocenters. The van der Waals surface area contributed by atoms with E-state index in [2.05, 4.69) is 0 Å². The number of para-hydroxylation sites is 1. The molecule has 1 aliphatic carbocycles. The predicted molar refractivity (Wildman–Crippen MR) is 137 cm³/mol. The zero-order chi connectivity index (χ0) is 26.5. The number of ether oxygens (including phenoxy) is 4. The molecule has 3 unspecified atom stereocenters. The normalized spacial score (nSPS) is 30.8.